The van der Waals surface area contributed by atoms with Crippen molar-refractivity contribution in [2.24, 2.45) is 0 Å². The number of likely N-dealkylation sites (N-methyl/N-ethyl adjacent to an activating group) is 1. The molecule has 176 valence electrons. The lowest BCUT2D eigenvalue weighted by molar-refractivity contribution is 0.152. The summed E-state index contributed by atoms with van der Waals surface area (Å²) in [6.07, 6.45) is 9.54. The number of unbranched alkanes of at least 4 members (excludes halogenated alkanes) is 1. The van der Waals surface area contributed by atoms with Crippen molar-refractivity contribution < 1.29 is 4.42 Å². The number of piperazine rings is 1. The standard InChI is InChI=1S/C15H17NO.C9H20N2.C2H6.CH4/c1-4-6-13-11(3)16-10-9-14(13)15-8-7-12(5-2)17-15;1-3-4-5-11-8-6-10(2)7-9-11;1-2;/h4,6-10H,5H2,1-3H3;3-9H2,1-2H3;1-2H3;1H4/b6-4-;;;. The molecule has 0 radical (unpaired) electrons. The topological polar surface area (TPSA) is 32.5 Å². The Morgan fingerprint density at radius 2 is 1.74 bits per heavy atom. The fourth-order valence-corrected chi connectivity index (χ4v) is 3.34. The quantitative estimate of drug-likeness (QED) is 0.498. The number of allylic oxidation sites excluding steroid dienone is 1. The maximum absolute atomic E-state index is 5.80. The lowest BCUT2D eigenvalue weighted by Crippen LogP contribution is -2.44. The van der Waals surface area contributed by atoms with Gasteiger partial charge in [-0.25, -0.2) is 0 Å². The molecule has 31 heavy (non-hydrogen) atoms. The second-order valence-electron chi connectivity index (χ2n) is 7.48. The van der Waals surface area contributed by atoms with E-state index in [1.807, 2.05) is 58.2 Å². The molecule has 1 fully saturated rings. The number of nitrogens with zero attached hydrogens (tertiary/aromatic N) is 3. The summed E-state index contributed by atoms with van der Waals surface area (Å²) in [6, 6.07) is 6.06. The van der Waals surface area contributed by atoms with Gasteiger partial charge in [0.05, 0.1) is 0 Å². The lowest BCUT2D eigenvalue weighted by Gasteiger charge is -2.32. The maximum Gasteiger partial charge on any atom is 0.134 e. The predicted octanol–water partition coefficient (Wildman–Crippen LogP) is 6.94. The van der Waals surface area contributed by atoms with Crippen LogP contribution in [0.2, 0.25) is 0 Å². The number of rotatable bonds is 6. The second kappa shape index (κ2) is 16.7. The minimum absolute atomic E-state index is 0. The SMILES string of the molecule is C.C/C=C\c1c(-c2ccc(CC)o2)ccnc1C.CC.CCCCN1CCN(C)CC1. The summed E-state index contributed by atoms with van der Waals surface area (Å²) < 4.78 is 5.80. The summed E-state index contributed by atoms with van der Waals surface area (Å²) in [4.78, 5) is 9.30. The van der Waals surface area contributed by atoms with Gasteiger partial charge in [0.2, 0.25) is 0 Å². The van der Waals surface area contributed by atoms with Crippen LogP contribution in [0.3, 0.4) is 0 Å². The van der Waals surface area contributed by atoms with Crippen molar-refractivity contribution in [1.82, 2.24) is 14.8 Å². The van der Waals surface area contributed by atoms with E-state index in [0.717, 1.165) is 34.8 Å². The zero-order valence-corrected chi connectivity index (χ0v) is 20.4. The van der Waals surface area contributed by atoms with Gasteiger partial charge in [-0.2, -0.15) is 0 Å². The van der Waals surface area contributed by atoms with Crippen LogP contribution >= 0.6 is 0 Å². The molecule has 0 saturated carbocycles. The highest BCUT2D eigenvalue weighted by Gasteiger charge is 2.12. The van der Waals surface area contributed by atoms with Gasteiger partial charge >= 0.3 is 0 Å². The van der Waals surface area contributed by atoms with Gasteiger partial charge in [0, 0.05) is 55.6 Å². The molecule has 0 N–H and O–H groups in total. The van der Waals surface area contributed by atoms with Crippen molar-refractivity contribution in [2.75, 3.05) is 39.8 Å². The fourth-order valence-electron chi connectivity index (χ4n) is 3.34. The van der Waals surface area contributed by atoms with E-state index in [2.05, 4.69) is 41.8 Å². The molecular formula is C27H47N3O. The van der Waals surface area contributed by atoms with Gasteiger partial charge in [0.1, 0.15) is 11.5 Å². The van der Waals surface area contributed by atoms with Crippen molar-refractivity contribution in [3.63, 3.8) is 0 Å². The molecule has 2 aromatic rings. The first kappa shape index (κ1) is 29.1. The lowest BCUT2D eigenvalue weighted by atomic mass is 10.0. The Morgan fingerprint density at radius 3 is 2.29 bits per heavy atom. The second-order valence-corrected chi connectivity index (χ2v) is 7.48. The zero-order chi connectivity index (χ0) is 22.4. The summed E-state index contributed by atoms with van der Waals surface area (Å²) in [7, 11) is 2.21. The zero-order valence-electron chi connectivity index (χ0n) is 20.4. The Morgan fingerprint density at radius 1 is 1.06 bits per heavy atom. The van der Waals surface area contributed by atoms with Crippen molar-refractivity contribution in [2.45, 2.75) is 68.2 Å². The van der Waals surface area contributed by atoms with Crippen LogP contribution in [0.5, 0.6) is 0 Å². The largest absolute Gasteiger partial charge is 0.461 e. The molecule has 0 aliphatic carbocycles. The molecule has 4 nitrogen and oxygen atoms in total. The van der Waals surface area contributed by atoms with E-state index in [1.165, 1.54) is 45.6 Å². The van der Waals surface area contributed by atoms with E-state index in [1.54, 1.807) is 0 Å². The average Bonchev–Trinajstić information content (AvgIpc) is 3.26. The monoisotopic (exact) mass is 429 g/mol. The Balaban J connectivity index is 0.000000561. The third kappa shape index (κ3) is 9.84. The number of furan rings is 1. The summed E-state index contributed by atoms with van der Waals surface area (Å²) in [6.45, 7) is 18.7. The summed E-state index contributed by atoms with van der Waals surface area (Å²) in [5.41, 5.74) is 3.26. The minimum Gasteiger partial charge on any atom is -0.461 e. The van der Waals surface area contributed by atoms with E-state index in [-0.39, 0.29) is 7.43 Å². The van der Waals surface area contributed by atoms with Crippen LogP contribution in [0.15, 0.2) is 34.9 Å². The molecule has 0 aromatic carbocycles. The van der Waals surface area contributed by atoms with E-state index in [0.29, 0.717) is 0 Å². The van der Waals surface area contributed by atoms with Gasteiger partial charge in [0.15, 0.2) is 0 Å². The highest BCUT2D eigenvalue weighted by Crippen LogP contribution is 2.28. The summed E-state index contributed by atoms with van der Waals surface area (Å²) in [5.74, 6) is 1.93. The van der Waals surface area contributed by atoms with Gasteiger partial charge < -0.3 is 14.2 Å². The minimum atomic E-state index is 0. The van der Waals surface area contributed by atoms with Crippen LogP contribution in [-0.2, 0) is 6.42 Å². The molecule has 0 spiro atoms. The molecule has 0 unspecified atom stereocenters. The van der Waals surface area contributed by atoms with Crippen LogP contribution < -0.4 is 0 Å². The first-order valence-electron chi connectivity index (χ1n) is 11.7. The number of hydrogen-bond acceptors (Lipinski definition) is 4. The molecule has 1 aliphatic rings. The van der Waals surface area contributed by atoms with Crippen LogP contribution in [-0.4, -0.2) is 54.6 Å². The molecule has 0 amide bonds. The first-order valence-corrected chi connectivity index (χ1v) is 11.7. The normalized spacial score (nSPS) is 14.3. The highest BCUT2D eigenvalue weighted by molar-refractivity contribution is 5.73. The molecule has 0 atom stereocenters. The molecule has 1 aliphatic heterocycles. The van der Waals surface area contributed by atoms with Crippen LogP contribution in [0.1, 0.15) is 71.9 Å². The molecule has 0 bridgehead atoms. The molecule has 3 rings (SSSR count). The van der Waals surface area contributed by atoms with Gasteiger partial charge in [-0.3, -0.25) is 4.98 Å². The molecule has 1 saturated heterocycles. The smallest absolute Gasteiger partial charge is 0.134 e. The molecule has 3 heterocycles. The van der Waals surface area contributed by atoms with Crippen molar-refractivity contribution in [3.8, 4) is 11.3 Å². The van der Waals surface area contributed by atoms with Crippen molar-refractivity contribution >= 4 is 6.08 Å². The van der Waals surface area contributed by atoms with E-state index >= 15 is 0 Å². The fraction of sp³-hybridized carbons (Fsp3) is 0.593. The third-order valence-corrected chi connectivity index (χ3v) is 5.22. The van der Waals surface area contributed by atoms with Crippen molar-refractivity contribution in [1.29, 1.82) is 0 Å². The Hall–Kier alpha value is -1.91. The van der Waals surface area contributed by atoms with Crippen LogP contribution in [0.25, 0.3) is 17.4 Å². The molecule has 4 heteroatoms. The number of pyridine rings is 1. The van der Waals surface area contributed by atoms with E-state index in [4.69, 9.17) is 4.42 Å². The van der Waals surface area contributed by atoms with Crippen molar-refractivity contribution in [3.05, 3.63) is 47.5 Å². The molecule has 2 aromatic heterocycles. The number of hydrogen-bond donors (Lipinski definition) is 0. The maximum atomic E-state index is 5.80. The Bertz CT molecular complexity index is 725. The van der Waals surface area contributed by atoms with Crippen LogP contribution in [0.4, 0.5) is 0 Å². The van der Waals surface area contributed by atoms with Gasteiger partial charge in [-0.05, 0) is 52.1 Å². The average molecular weight is 430 g/mol. The molecular weight excluding hydrogens is 382 g/mol. The Labute approximate surface area is 192 Å². The number of aryl methyl sites for hydroxylation is 2. The van der Waals surface area contributed by atoms with Gasteiger partial charge in [0.25, 0.3) is 0 Å². The van der Waals surface area contributed by atoms with Gasteiger partial charge in [-0.1, -0.05) is 53.7 Å². The van der Waals surface area contributed by atoms with E-state index < -0.39 is 0 Å². The first-order chi connectivity index (χ1) is 14.6. The Kier molecular flexibility index (Phi) is 15.7. The predicted molar refractivity (Wildman–Crippen MR) is 138 cm³/mol. The van der Waals surface area contributed by atoms with Crippen LogP contribution in [0, 0.1) is 6.92 Å². The highest BCUT2D eigenvalue weighted by atomic mass is 16.3. The summed E-state index contributed by atoms with van der Waals surface area (Å²) in [5, 5.41) is 0. The van der Waals surface area contributed by atoms with Gasteiger partial charge in [-0.15, -0.1) is 0 Å². The third-order valence-electron chi connectivity index (χ3n) is 5.22. The summed E-state index contributed by atoms with van der Waals surface area (Å²) >= 11 is 0. The number of aromatic nitrogens is 1. The van der Waals surface area contributed by atoms with E-state index in [9.17, 15) is 0 Å².